The summed E-state index contributed by atoms with van der Waals surface area (Å²) in [6.07, 6.45) is 2.87. The smallest absolute Gasteiger partial charge is 0.188 e. The topological polar surface area (TPSA) is 47.0 Å². The molecule has 0 radical (unpaired) electrons. The summed E-state index contributed by atoms with van der Waals surface area (Å²) in [7, 11) is 0. The maximum Gasteiger partial charge on any atom is 0.188 e. The molecule has 1 aromatic heterocycles. The molecule has 1 N–H and O–H groups in total. The van der Waals surface area contributed by atoms with E-state index in [4.69, 9.17) is 4.74 Å². The van der Waals surface area contributed by atoms with E-state index in [0.29, 0.717) is 5.25 Å². The van der Waals surface area contributed by atoms with E-state index in [1.54, 1.807) is 11.8 Å². The molecule has 0 aliphatic rings. The molecule has 0 aliphatic heterocycles. The number of nitrogens with one attached hydrogen (secondary N) is 1. The lowest BCUT2D eigenvalue weighted by molar-refractivity contribution is 0.145. The summed E-state index contributed by atoms with van der Waals surface area (Å²) < 4.78 is 5.28. The van der Waals surface area contributed by atoms with Crippen LogP contribution in [0.15, 0.2) is 17.4 Å². The molecule has 0 saturated carbocycles. The molecule has 5 heteroatoms. The molecule has 102 valence electrons. The van der Waals surface area contributed by atoms with E-state index < -0.39 is 0 Å². The third kappa shape index (κ3) is 6.93. The third-order valence-corrected chi connectivity index (χ3v) is 3.33. The van der Waals surface area contributed by atoms with Crippen LogP contribution in [-0.2, 0) is 4.74 Å². The van der Waals surface area contributed by atoms with E-state index in [1.165, 1.54) is 0 Å². The highest BCUT2D eigenvalue weighted by Gasteiger charge is 2.06. The van der Waals surface area contributed by atoms with Gasteiger partial charge >= 0.3 is 0 Å². The van der Waals surface area contributed by atoms with Crippen molar-refractivity contribution in [3.63, 3.8) is 0 Å². The molecule has 0 aliphatic carbocycles. The fourth-order valence-corrected chi connectivity index (χ4v) is 2.33. The molecule has 4 nitrogen and oxygen atoms in total. The van der Waals surface area contributed by atoms with Crippen molar-refractivity contribution in [3.05, 3.63) is 18.0 Å². The Bertz CT molecular complexity index is 336. The zero-order chi connectivity index (χ0) is 13.2. The van der Waals surface area contributed by atoms with Crippen LogP contribution in [0.2, 0.25) is 0 Å². The van der Waals surface area contributed by atoms with E-state index in [9.17, 15) is 0 Å². The number of nitrogens with zero attached hydrogens (tertiary/aromatic N) is 2. The number of hydrogen-bond acceptors (Lipinski definition) is 5. The average molecular weight is 269 g/mol. The Kier molecular flexibility index (Phi) is 7.96. The molecule has 0 bridgehead atoms. The monoisotopic (exact) mass is 269 g/mol. The molecule has 1 aromatic rings. The van der Waals surface area contributed by atoms with Crippen molar-refractivity contribution in [3.8, 4) is 0 Å². The van der Waals surface area contributed by atoms with Crippen molar-refractivity contribution >= 4 is 11.8 Å². The van der Waals surface area contributed by atoms with Gasteiger partial charge in [-0.05, 0) is 32.9 Å². The molecule has 1 heterocycles. The lowest BCUT2D eigenvalue weighted by atomic mass is 10.4. The van der Waals surface area contributed by atoms with Gasteiger partial charge in [0, 0.05) is 36.9 Å². The van der Waals surface area contributed by atoms with E-state index in [-0.39, 0.29) is 0 Å². The van der Waals surface area contributed by atoms with Crippen LogP contribution < -0.4 is 5.32 Å². The van der Waals surface area contributed by atoms with Crippen LogP contribution in [0, 0.1) is 6.92 Å². The summed E-state index contributed by atoms with van der Waals surface area (Å²) in [5, 5.41) is 4.75. The van der Waals surface area contributed by atoms with Crippen LogP contribution in [0.25, 0.3) is 0 Å². The molecule has 0 amide bonds. The number of rotatable bonds is 9. The van der Waals surface area contributed by atoms with Gasteiger partial charge in [-0.25, -0.2) is 9.97 Å². The van der Waals surface area contributed by atoms with E-state index in [1.807, 2.05) is 26.1 Å². The quantitative estimate of drug-likeness (QED) is 0.423. The van der Waals surface area contributed by atoms with Crippen LogP contribution in [0.1, 0.15) is 26.0 Å². The molecular weight excluding hydrogens is 246 g/mol. The van der Waals surface area contributed by atoms with Gasteiger partial charge in [-0.1, -0.05) is 18.7 Å². The number of thioether (sulfide) groups is 1. The summed E-state index contributed by atoms with van der Waals surface area (Å²) in [4.78, 5) is 8.64. The Morgan fingerprint density at radius 3 is 3.06 bits per heavy atom. The summed E-state index contributed by atoms with van der Waals surface area (Å²) in [5.74, 6) is 0. The highest BCUT2D eigenvalue weighted by atomic mass is 32.2. The minimum atomic E-state index is 0.471. The molecule has 18 heavy (non-hydrogen) atoms. The Hall–Kier alpha value is -0.650. The summed E-state index contributed by atoms with van der Waals surface area (Å²) in [5.41, 5.74) is 1.02. The van der Waals surface area contributed by atoms with Gasteiger partial charge in [-0.2, -0.15) is 0 Å². The Balaban J connectivity index is 2.12. The molecule has 0 spiro atoms. The van der Waals surface area contributed by atoms with Crippen molar-refractivity contribution in [1.29, 1.82) is 0 Å². The van der Waals surface area contributed by atoms with Gasteiger partial charge < -0.3 is 10.1 Å². The van der Waals surface area contributed by atoms with Crippen LogP contribution >= 0.6 is 11.8 Å². The minimum Gasteiger partial charge on any atom is -0.382 e. The molecule has 1 atom stereocenters. The van der Waals surface area contributed by atoms with Crippen LogP contribution in [0.5, 0.6) is 0 Å². The van der Waals surface area contributed by atoms with Crippen molar-refractivity contribution in [2.24, 2.45) is 0 Å². The summed E-state index contributed by atoms with van der Waals surface area (Å²) in [6.45, 7) is 9.80. The molecular formula is C13H23N3OS. The molecule has 1 unspecified atom stereocenters. The number of hydrogen-bond donors (Lipinski definition) is 1. The first-order valence-electron chi connectivity index (χ1n) is 6.47. The minimum absolute atomic E-state index is 0.471. The first-order chi connectivity index (χ1) is 8.72. The van der Waals surface area contributed by atoms with E-state index in [0.717, 1.165) is 43.6 Å². The standard InChI is InChI=1S/C13H23N3OS/c1-4-17-9-5-7-14-10-12(3)18-13-15-8-6-11(2)16-13/h6,8,12,14H,4-5,7,9-10H2,1-3H3. The third-order valence-electron chi connectivity index (χ3n) is 2.36. The van der Waals surface area contributed by atoms with Crippen molar-refractivity contribution < 1.29 is 4.74 Å². The molecule has 0 fully saturated rings. The zero-order valence-electron chi connectivity index (χ0n) is 11.5. The highest BCUT2D eigenvalue weighted by Crippen LogP contribution is 2.18. The number of aromatic nitrogens is 2. The largest absolute Gasteiger partial charge is 0.382 e. The molecule has 1 rings (SSSR count). The summed E-state index contributed by atoms with van der Waals surface area (Å²) >= 11 is 1.71. The lowest BCUT2D eigenvalue weighted by Gasteiger charge is -2.11. The molecule has 0 saturated heterocycles. The van der Waals surface area contributed by atoms with Crippen molar-refractivity contribution in [1.82, 2.24) is 15.3 Å². The SMILES string of the molecule is CCOCCCNCC(C)Sc1nccc(C)n1. The van der Waals surface area contributed by atoms with Gasteiger partial charge in [0.25, 0.3) is 0 Å². The normalized spacial score (nSPS) is 12.6. The average Bonchev–Trinajstić information content (AvgIpc) is 2.33. The van der Waals surface area contributed by atoms with Gasteiger partial charge in [0.2, 0.25) is 0 Å². The Morgan fingerprint density at radius 1 is 1.50 bits per heavy atom. The van der Waals surface area contributed by atoms with E-state index in [2.05, 4.69) is 22.2 Å². The summed E-state index contributed by atoms with van der Waals surface area (Å²) in [6, 6.07) is 1.92. The van der Waals surface area contributed by atoms with Gasteiger partial charge in [0.1, 0.15) is 0 Å². The predicted molar refractivity (Wildman–Crippen MR) is 76.1 cm³/mol. The Labute approximate surface area is 114 Å². The van der Waals surface area contributed by atoms with Gasteiger partial charge in [-0.3, -0.25) is 0 Å². The second-order valence-corrected chi connectivity index (χ2v) is 5.57. The van der Waals surface area contributed by atoms with Crippen molar-refractivity contribution in [2.45, 2.75) is 37.6 Å². The first-order valence-corrected chi connectivity index (χ1v) is 7.35. The number of ether oxygens (including phenoxy) is 1. The lowest BCUT2D eigenvalue weighted by Crippen LogP contribution is -2.24. The first kappa shape index (κ1) is 15.4. The van der Waals surface area contributed by atoms with Crippen molar-refractivity contribution in [2.75, 3.05) is 26.3 Å². The Morgan fingerprint density at radius 2 is 2.33 bits per heavy atom. The molecule has 0 aromatic carbocycles. The van der Waals surface area contributed by atoms with Gasteiger partial charge in [0.15, 0.2) is 5.16 Å². The fourth-order valence-electron chi connectivity index (χ4n) is 1.45. The van der Waals surface area contributed by atoms with E-state index >= 15 is 0 Å². The van der Waals surface area contributed by atoms with Gasteiger partial charge in [0.05, 0.1) is 0 Å². The zero-order valence-corrected chi connectivity index (χ0v) is 12.3. The van der Waals surface area contributed by atoms with Crippen LogP contribution in [-0.4, -0.2) is 41.5 Å². The highest BCUT2D eigenvalue weighted by molar-refractivity contribution is 7.99. The van der Waals surface area contributed by atoms with Gasteiger partial charge in [-0.15, -0.1) is 0 Å². The second kappa shape index (κ2) is 9.30. The maximum absolute atomic E-state index is 5.28. The van der Waals surface area contributed by atoms with Crippen LogP contribution in [0.3, 0.4) is 0 Å². The predicted octanol–water partition coefficient (Wildman–Crippen LogP) is 2.28. The second-order valence-electron chi connectivity index (χ2n) is 4.16. The number of aryl methyl sites for hydroxylation is 1. The van der Waals surface area contributed by atoms with Crippen LogP contribution in [0.4, 0.5) is 0 Å². The fraction of sp³-hybridized carbons (Fsp3) is 0.692. The maximum atomic E-state index is 5.28.